The van der Waals surface area contributed by atoms with Crippen LogP contribution in [0.1, 0.15) is 11.3 Å². The average molecular weight is 331 g/mol. The molecule has 0 spiro atoms. The molecular weight excluding hydrogens is 310 g/mol. The van der Waals surface area contributed by atoms with Crippen molar-refractivity contribution in [2.75, 3.05) is 27.8 Å². The average Bonchev–Trinajstić information content (AvgIpc) is 2.56. The maximum Gasteiger partial charge on any atom is 0.259 e. The number of carbonyl (C=O) groups excluding carboxylic acids is 1. The predicted octanol–water partition coefficient (Wildman–Crippen LogP) is 1.08. The van der Waals surface area contributed by atoms with Crippen LogP contribution >= 0.6 is 0 Å². The van der Waals surface area contributed by atoms with Crippen molar-refractivity contribution in [1.29, 1.82) is 0 Å². The minimum atomic E-state index is -0.196. The number of amides is 1. The number of likely N-dealkylation sites (N-methyl/N-ethyl adjacent to an activating group) is 1. The van der Waals surface area contributed by atoms with Gasteiger partial charge in [-0.2, -0.15) is 0 Å². The smallest absolute Gasteiger partial charge is 0.259 e. The Bertz CT molecular complexity index is 784. The first kappa shape index (κ1) is 17.5. The van der Waals surface area contributed by atoms with Crippen molar-refractivity contribution < 1.29 is 14.3 Å². The highest BCUT2D eigenvalue weighted by Gasteiger charge is 2.09. The molecule has 0 N–H and O–H groups in total. The number of nitrogens with zero attached hydrogens (tertiary/aromatic N) is 3. The minimum absolute atomic E-state index is 0.0998. The quantitative estimate of drug-likeness (QED) is 0.792. The number of hydrogen-bond donors (Lipinski definition) is 0. The topological polar surface area (TPSA) is 73.7 Å². The van der Waals surface area contributed by atoms with Crippen molar-refractivity contribution in [3.05, 3.63) is 52.1 Å². The summed E-state index contributed by atoms with van der Waals surface area (Å²) >= 11 is 0. The van der Waals surface area contributed by atoms with Gasteiger partial charge in [0.05, 0.1) is 13.7 Å². The number of pyridine rings is 2. The highest BCUT2D eigenvalue weighted by atomic mass is 16.5. The molecule has 0 unspecified atom stereocenters. The zero-order valence-electron chi connectivity index (χ0n) is 14.3. The Morgan fingerprint density at radius 2 is 2.04 bits per heavy atom. The van der Waals surface area contributed by atoms with Crippen LogP contribution in [0, 0.1) is 6.92 Å². The molecule has 2 aromatic rings. The number of hydrogen-bond acceptors (Lipinski definition) is 5. The number of rotatable bonds is 6. The van der Waals surface area contributed by atoms with Crippen LogP contribution in [0.4, 0.5) is 0 Å². The molecule has 0 bridgehead atoms. The van der Waals surface area contributed by atoms with Gasteiger partial charge in [0.15, 0.2) is 6.61 Å². The molecule has 0 saturated heterocycles. The van der Waals surface area contributed by atoms with Crippen LogP contribution in [-0.4, -0.2) is 48.2 Å². The summed E-state index contributed by atoms with van der Waals surface area (Å²) in [5.41, 5.74) is 1.45. The Morgan fingerprint density at radius 1 is 1.29 bits per heavy atom. The van der Waals surface area contributed by atoms with Gasteiger partial charge < -0.3 is 18.9 Å². The predicted molar refractivity (Wildman–Crippen MR) is 89.5 cm³/mol. The molecule has 0 aliphatic rings. The molecule has 0 aromatic carbocycles. The Morgan fingerprint density at radius 3 is 2.67 bits per heavy atom. The van der Waals surface area contributed by atoms with Crippen LogP contribution in [0.25, 0.3) is 0 Å². The molecule has 1 amide bonds. The van der Waals surface area contributed by atoms with Crippen LogP contribution in [0.5, 0.6) is 11.6 Å². The Hall–Kier alpha value is -2.83. The highest BCUT2D eigenvalue weighted by Crippen LogP contribution is 2.13. The summed E-state index contributed by atoms with van der Waals surface area (Å²) in [5.74, 6) is 0.720. The van der Waals surface area contributed by atoms with Crippen molar-refractivity contribution in [3.8, 4) is 11.6 Å². The Balaban J connectivity index is 2.17. The first-order valence-electron chi connectivity index (χ1n) is 7.44. The fourth-order valence-corrected chi connectivity index (χ4v) is 2.10. The van der Waals surface area contributed by atoms with Gasteiger partial charge in [0.2, 0.25) is 5.88 Å². The largest absolute Gasteiger partial charge is 0.484 e. The van der Waals surface area contributed by atoms with Gasteiger partial charge >= 0.3 is 0 Å². The van der Waals surface area contributed by atoms with Gasteiger partial charge in [0.25, 0.3) is 11.5 Å². The zero-order chi connectivity index (χ0) is 17.7. The molecule has 2 aromatic heterocycles. The molecule has 0 fully saturated rings. The lowest BCUT2D eigenvalue weighted by atomic mass is 10.2. The maximum atomic E-state index is 12.3. The van der Waals surface area contributed by atoms with E-state index in [2.05, 4.69) is 4.98 Å². The third-order valence-electron chi connectivity index (χ3n) is 3.52. The number of ether oxygens (including phenoxy) is 2. The van der Waals surface area contributed by atoms with E-state index in [9.17, 15) is 9.59 Å². The lowest BCUT2D eigenvalue weighted by Gasteiger charge is -2.14. The van der Waals surface area contributed by atoms with Gasteiger partial charge in [-0.1, -0.05) is 0 Å². The van der Waals surface area contributed by atoms with Crippen molar-refractivity contribution >= 4 is 5.91 Å². The van der Waals surface area contributed by atoms with Crippen LogP contribution in [0.3, 0.4) is 0 Å². The fraction of sp³-hybridized carbons (Fsp3) is 0.353. The third-order valence-corrected chi connectivity index (χ3v) is 3.52. The minimum Gasteiger partial charge on any atom is -0.484 e. The summed E-state index contributed by atoms with van der Waals surface area (Å²) in [7, 11) is 4.85. The van der Waals surface area contributed by atoms with Crippen molar-refractivity contribution in [3.63, 3.8) is 0 Å². The standard InChI is InChI=1S/C17H21N3O4/c1-12-7-14(24-11-17(22)19(2)3)9-16(21)20(12)10-13-5-6-18-15(8-13)23-4/h5-9H,10-11H2,1-4H3. The van der Waals surface area contributed by atoms with E-state index in [1.165, 1.54) is 11.0 Å². The van der Waals surface area contributed by atoms with E-state index in [1.807, 2.05) is 13.0 Å². The summed E-state index contributed by atoms with van der Waals surface area (Å²) < 4.78 is 12.1. The molecule has 0 aliphatic carbocycles. The SMILES string of the molecule is COc1cc(Cn2c(C)cc(OCC(=O)N(C)C)cc2=O)ccn1. The molecular formula is C17H21N3O4. The molecule has 0 saturated carbocycles. The van der Waals surface area contributed by atoms with E-state index in [0.717, 1.165) is 11.3 Å². The lowest BCUT2D eigenvalue weighted by molar-refractivity contribution is -0.130. The summed E-state index contributed by atoms with van der Waals surface area (Å²) in [5, 5.41) is 0. The lowest BCUT2D eigenvalue weighted by Crippen LogP contribution is -2.28. The third kappa shape index (κ3) is 4.34. The second-order valence-electron chi connectivity index (χ2n) is 5.54. The van der Waals surface area contributed by atoms with Crippen molar-refractivity contribution in [2.45, 2.75) is 13.5 Å². The summed E-state index contributed by atoms with van der Waals surface area (Å²) in [6, 6.07) is 6.73. The van der Waals surface area contributed by atoms with Gasteiger partial charge in [-0.05, 0) is 24.6 Å². The van der Waals surface area contributed by atoms with Crippen molar-refractivity contribution in [2.24, 2.45) is 0 Å². The molecule has 2 rings (SSSR count). The number of carbonyl (C=O) groups is 1. The summed E-state index contributed by atoms with van der Waals surface area (Å²) in [6.45, 7) is 2.12. The van der Waals surface area contributed by atoms with Crippen molar-refractivity contribution in [1.82, 2.24) is 14.5 Å². The highest BCUT2D eigenvalue weighted by molar-refractivity contribution is 5.77. The normalized spacial score (nSPS) is 10.3. The summed E-state index contributed by atoms with van der Waals surface area (Å²) in [4.78, 5) is 29.4. The molecule has 7 heteroatoms. The Labute approximate surface area is 140 Å². The summed E-state index contributed by atoms with van der Waals surface area (Å²) in [6.07, 6.45) is 1.64. The zero-order valence-corrected chi connectivity index (χ0v) is 14.3. The number of aromatic nitrogens is 2. The van der Waals surface area contributed by atoms with Crippen LogP contribution in [-0.2, 0) is 11.3 Å². The van der Waals surface area contributed by atoms with E-state index in [-0.39, 0.29) is 18.1 Å². The van der Waals surface area contributed by atoms with Gasteiger partial charge in [-0.3, -0.25) is 9.59 Å². The van der Waals surface area contributed by atoms with E-state index >= 15 is 0 Å². The van der Waals surface area contributed by atoms with Gasteiger partial charge in [-0.15, -0.1) is 0 Å². The number of aryl methyl sites for hydroxylation is 1. The molecule has 0 aliphatic heterocycles. The monoisotopic (exact) mass is 331 g/mol. The van der Waals surface area contributed by atoms with Crippen LogP contribution < -0.4 is 15.0 Å². The van der Waals surface area contributed by atoms with E-state index in [4.69, 9.17) is 9.47 Å². The first-order chi connectivity index (χ1) is 11.4. The van der Waals surface area contributed by atoms with Gasteiger partial charge in [0, 0.05) is 38.1 Å². The molecule has 2 heterocycles. The molecule has 128 valence electrons. The van der Waals surface area contributed by atoms with E-state index < -0.39 is 0 Å². The van der Waals surface area contributed by atoms with Crippen LogP contribution in [0.15, 0.2) is 35.3 Å². The molecule has 7 nitrogen and oxygen atoms in total. The Kier molecular flexibility index (Phi) is 5.57. The fourth-order valence-electron chi connectivity index (χ4n) is 2.10. The second-order valence-corrected chi connectivity index (χ2v) is 5.54. The molecule has 0 radical (unpaired) electrons. The number of methoxy groups -OCH3 is 1. The van der Waals surface area contributed by atoms with E-state index in [1.54, 1.807) is 44.1 Å². The van der Waals surface area contributed by atoms with Gasteiger partial charge in [0.1, 0.15) is 5.75 Å². The maximum absolute atomic E-state index is 12.3. The second kappa shape index (κ2) is 7.63. The van der Waals surface area contributed by atoms with E-state index in [0.29, 0.717) is 18.2 Å². The van der Waals surface area contributed by atoms with Crippen LogP contribution in [0.2, 0.25) is 0 Å². The van der Waals surface area contributed by atoms with Gasteiger partial charge in [-0.25, -0.2) is 4.98 Å². The molecule has 0 atom stereocenters. The molecule has 24 heavy (non-hydrogen) atoms. The first-order valence-corrected chi connectivity index (χ1v) is 7.44.